The van der Waals surface area contributed by atoms with Gasteiger partial charge in [-0.25, -0.2) is 9.78 Å². The molecule has 0 bridgehead atoms. The SMILES string of the molecule is CCCN(CC(=O)O)C(=O)NCc1ncc(CC)o1. The summed E-state index contributed by atoms with van der Waals surface area (Å²) >= 11 is 0. The first-order chi connectivity index (χ1) is 9.06. The van der Waals surface area contributed by atoms with Gasteiger partial charge in [-0.2, -0.15) is 0 Å². The summed E-state index contributed by atoms with van der Waals surface area (Å²) in [4.78, 5) is 27.7. The van der Waals surface area contributed by atoms with Crippen LogP contribution < -0.4 is 5.32 Å². The third-order valence-electron chi connectivity index (χ3n) is 2.45. The van der Waals surface area contributed by atoms with E-state index in [-0.39, 0.29) is 13.1 Å². The topological polar surface area (TPSA) is 95.7 Å². The van der Waals surface area contributed by atoms with Crippen molar-refractivity contribution >= 4 is 12.0 Å². The van der Waals surface area contributed by atoms with Gasteiger partial charge in [-0.1, -0.05) is 13.8 Å². The summed E-state index contributed by atoms with van der Waals surface area (Å²) in [5.74, 6) is 0.130. The standard InChI is InChI=1S/C12H19N3O4/c1-3-5-15(8-11(16)17)12(18)14-7-10-13-6-9(4-2)19-10/h6H,3-5,7-8H2,1-2H3,(H,14,18)(H,16,17). The number of aliphatic carboxylic acids is 1. The van der Waals surface area contributed by atoms with Crippen molar-refractivity contribution in [3.8, 4) is 0 Å². The lowest BCUT2D eigenvalue weighted by molar-refractivity contribution is -0.137. The number of carbonyl (C=O) groups excluding carboxylic acids is 1. The first-order valence-electron chi connectivity index (χ1n) is 6.25. The lowest BCUT2D eigenvalue weighted by Crippen LogP contribution is -2.42. The van der Waals surface area contributed by atoms with E-state index in [0.29, 0.717) is 18.9 Å². The maximum absolute atomic E-state index is 11.8. The van der Waals surface area contributed by atoms with Gasteiger partial charge in [-0.15, -0.1) is 0 Å². The molecule has 1 heterocycles. The number of hydrogen-bond acceptors (Lipinski definition) is 4. The summed E-state index contributed by atoms with van der Waals surface area (Å²) in [7, 11) is 0. The van der Waals surface area contributed by atoms with Gasteiger partial charge in [0.2, 0.25) is 5.89 Å². The molecular weight excluding hydrogens is 250 g/mol. The van der Waals surface area contributed by atoms with Crippen LogP contribution in [0.5, 0.6) is 0 Å². The number of hydrogen-bond donors (Lipinski definition) is 2. The van der Waals surface area contributed by atoms with Crippen molar-refractivity contribution in [1.82, 2.24) is 15.2 Å². The van der Waals surface area contributed by atoms with Crippen LogP contribution in [0.3, 0.4) is 0 Å². The number of urea groups is 1. The number of carbonyl (C=O) groups is 2. The molecule has 19 heavy (non-hydrogen) atoms. The highest BCUT2D eigenvalue weighted by atomic mass is 16.4. The second-order valence-corrected chi connectivity index (χ2v) is 4.05. The average molecular weight is 269 g/mol. The normalized spacial score (nSPS) is 10.2. The van der Waals surface area contributed by atoms with E-state index in [0.717, 1.165) is 12.2 Å². The zero-order valence-corrected chi connectivity index (χ0v) is 11.2. The monoisotopic (exact) mass is 269 g/mol. The van der Waals surface area contributed by atoms with Crippen molar-refractivity contribution < 1.29 is 19.1 Å². The van der Waals surface area contributed by atoms with E-state index in [1.54, 1.807) is 6.20 Å². The fourth-order valence-electron chi connectivity index (χ4n) is 1.54. The molecule has 0 spiro atoms. The summed E-state index contributed by atoms with van der Waals surface area (Å²) in [6.07, 6.45) is 3.05. The third kappa shape index (κ3) is 4.99. The van der Waals surface area contributed by atoms with Gasteiger partial charge in [0.1, 0.15) is 12.3 Å². The van der Waals surface area contributed by atoms with Crippen LogP contribution in [0, 0.1) is 0 Å². The zero-order chi connectivity index (χ0) is 14.3. The maximum Gasteiger partial charge on any atom is 0.323 e. The van der Waals surface area contributed by atoms with Gasteiger partial charge >= 0.3 is 12.0 Å². The highest BCUT2D eigenvalue weighted by Crippen LogP contribution is 2.04. The fourth-order valence-corrected chi connectivity index (χ4v) is 1.54. The second kappa shape index (κ2) is 7.40. The molecule has 0 unspecified atom stereocenters. The second-order valence-electron chi connectivity index (χ2n) is 4.05. The molecule has 7 heteroatoms. The van der Waals surface area contributed by atoms with Gasteiger partial charge < -0.3 is 19.7 Å². The van der Waals surface area contributed by atoms with E-state index in [1.807, 2.05) is 13.8 Å². The molecule has 7 nitrogen and oxygen atoms in total. The number of nitrogens with one attached hydrogen (secondary N) is 1. The van der Waals surface area contributed by atoms with Crippen LogP contribution in [-0.2, 0) is 17.8 Å². The van der Waals surface area contributed by atoms with Crippen molar-refractivity contribution in [1.29, 1.82) is 0 Å². The van der Waals surface area contributed by atoms with E-state index in [2.05, 4.69) is 10.3 Å². The Labute approximate surface area is 111 Å². The molecular formula is C12H19N3O4. The highest BCUT2D eigenvalue weighted by molar-refractivity contribution is 5.79. The molecule has 106 valence electrons. The minimum absolute atomic E-state index is 0.151. The highest BCUT2D eigenvalue weighted by Gasteiger charge is 2.16. The third-order valence-corrected chi connectivity index (χ3v) is 2.45. The maximum atomic E-state index is 11.8. The summed E-state index contributed by atoms with van der Waals surface area (Å²) in [5.41, 5.74) is 0. The van der Waals surface area contributed by atoms with Crippen molar-refractivity contribution in [2.75, 3.05) is 13.1 Å². The van der Waals surface area contributed by atoms with Gasteiger partial charge in [-0.05, 0) is 6.42 Å². The molecule has 2 N–H and O–H groups in total. The van der Waals surface area contributed by atoms with Crippen LogP contribution in [0.2, 0.25) is 0 Å². The van der Waals surface area contributed by atoms with Crippen molar-refractivity contribution in [3.63, 3.8) is 0 Å². The van der Waals surface area contributed by atoms with Crippen LogP contribution in [0.25, 0.3) is 0 Å². The average Bonchev–Trinajstić information content (AvgIpc) is 2.83. The Bertz CT molecular complexity index is 430. The molecule has 0 fully saturated rings. The van der Waals surface area contributed by atoms with Crippen molar-refractivity contribution in [2.45, 2.75) is 33.2 Å². The number of aryl methyl sites for hydroxylation is 1. The molecule has 0 radical (unpaired) electrons. The minimum atomic E-state index is -1.03. The fraction of sp³-hybridized carbons (Fsp3) is 0.583. The van der Waals surface area contributed by atoms with E-state index >= 15 is 0 Å². The Morgan fingerprint density at radius 1 is 1.47 bits per heavy atom. The van der Waals surface area contributed by atoms with Crippen LogP contribution in [0.1, 0.15) is 31.9 Å². The number of carboxylic acid groups (broad SMARTS) is 1. The Balaban J connectivity index is 2.49. The molecule has 1 aromatic heterocycles. The van der Waals surface area contributed by atoms with Crippen LogP contribution in [0.15, 0.2) is 10.6 Å². The molecule has 0 aliphatic heterocycles. The van der Waals surface area contributed by atoms with E-state index in [1.165, 1.54) is 4.90 Å². The lowest BCUT2D eigenvalue weighted by atomic mass is 10.4. The molecule has 0 atom stereocenters. The summed E-state index contributed by atoms with van der Waals surface area (Å²) in [6, 6.07) is -0.430. The predicted molar refractivity (Wildman–Crippen MR) is 67.6 cm³/mol. The Morgan fingerprint density at radius 3 is 2.74 bits per heavy atom. The Morgan fingerprint density at radius 2 is 2.21 bits per heavy atom. The smallest absolute Gasteiger partial charge is 0.323 e. The first kappa shape index (κ1) is 15.0. The van der Waals surface area contributed by atoms with Crippen LogP contribution in [0.4, 0.5) is 4.79 Å². The number of amides is 2. The largest absolute Gasteiger partial charge is 0.480 e. The first-order valence-corrected chi connectivity index (χ1v) is 6.25. The predicted octanol–water partition coefficient (Wildman–Crippen LogP) is 1.24. The number of rotatable bonds is 7. The van der Waals surface area contributed by atoms with Crippen molar-refractivity contribution in [2.24, 2.45) is 0 Å². The summed E-state index contributed by atoms with van der Waals surface area (Å²) in [6.45, 7) is 4.05. The number of oxazole rings is 1. The Kier molecular flexibility index (Phi) is 5.84. The van der Waals surface area contributed by atoms with Gasteiger partial charge in [-0.3, -0.25) is 4.79 Å². The van der Waals surface area contributed by atoms with Gasteiger partial charge in [0.25, 0.3) is 0 Å². The van der Waals surface area contributed by atoms with Gasteiger partial charge in [0, 0.05) is 13.0 Å². The lowest BCUT2D eigenvalue weighted by Gasteiger charge is -2.19. The molecule has 1 rings (SSSR count). The van der Waals surface area contributed by atoms with Crippen LogP contribution in [-0.4, -0.2) is 40.1 Å². The van der Waals surface area contributed by atoms with E-state index in [4.69, 9.17) is 9.52 Å². The number of nitrogens with zero attached hydrogens (tertiary/aromatic N) is 2. The zero-order valence-electron chi connectivity index (χ0n) is 11.2. The number of carboxylic acids is 1. The molecule has 2 amide bonds. The quantitative estimate of drug-likeness (QED) is 0.776. The van der Waals surface area contributed by atoms with Crippen LogP contribution >= 0.6 is 0 Å². The van der Waals surface area contributed by atoms with E-state index in [9.17, 15) is 9.59 Å². The molecule has 0 saturated carbocycles. The van der Waals surface area contributed by atoms with E-state index < -0.39 is 12.0 Å². The molecule has 1 aromatic rings. The molecule has 0 saturated heterocycles. The molecule has 0 aliphatic rings. The summed E-state index contributed by atoms with van der Waals surface area (Å²) < 4.78 is 5.34. The van der Waals surface area contributed by atoms with Gasteiger partial charge in [0.05, 0.1) is 12.7 Å². The summed E-state index contributed by atoms with van der Waals surface area (Å²) in [5, 5.41) is 11.3. The minimum Gasteiger partial charge on any atom is -0.480 e. The Hall–Kier alpha value is -2.05. The van der Waals surface area contributed by atoms with Crippen molar-refractivity contribution in [3.05, 3.63) is 17.8 Å². The molecule has 0 aliphatic carbocycles. The van der Waals surface area contributed by atoms with Gasteiger partial charge in [0.15, 0.2) is 0 Å². The molecule has 0 aromatic carbocycles. The number of aromatic nitrogens is 1.